The average Bonchev–Trinajstić information content (AvgIpc) is 3.14. The highest BCUT2D eigenvalue weighted by molar-refractivity contribution is 5.94. The fourth-order valence-corrected chi connectivity index (χ4v) is 3.40. The molecule has 2 heterocycles. The third kappa shape index (κ3) is 4.72. The normalized spacial score (nSPS) is 15.1. The van der Waals surface area contributed by atoms with Crippen LogP contribution in [0.5, 0.6) is 0 Å². The third-order valence-electron chi connectivity index (χ3n) is 5.08. The third-order valence-corrected chi connectivity index (χ3v) is 5.08. The van der Waals surface area contributed by atoms with E-state index < -0.39 is 6.04 Å². The minimum Gasteiger partial charge on any atom is -0.337 e. The van der Waals surface area contributed by atoms with Gasteiger partial charge in [0.25, 0.3) is 5.91 Å². The van der Waals surface area contributed by atoms with Gasteiger partial charge in [-0.25, -0.2) is 0 Å². The topological polar surface area (TPSA) is 70.5 Å². The summed E-state index contributed by atoms with van der Waals surface area (Å²) in [7, 11) is 3.60. The van der Waals surface area contributed by atoms with Crippen LogP contribution in [-0.4, -0.2) is 64.6 Å². The maximum atomic E-state index is 12.9. The molecule has 0 aliphatic carbocycles. The number of piperazine rings is 1. The SMILES string of the molecule is CCc1ccc(C(=O)N2CCN(C(=O)C(NC)c3cnn(C)c3)CC2)cc1.Cl. The van der Waals surface area contributed by atoms with Gasteiger partial charge in [0.15, 0.2) is 0 Å². The van der Waals surface area contributed by atoms with Gasteiger partial charge in [-0.05, 0) is 31.2 Å². The summed E-state index contributed by atoms with van der Waals surface area (Å²) in [5, 5.41) is 7.22. The minimum absolute atomic E-state index is 0. The zero-order valence-corrected chi connectivity index (χ0v) is 17.4. The van der Waals surface area contributed by atoms with Crippen molar-refractivity contribution in [3.05, 3.63) is 53.3 Å². The summed E-state index contributed by atoms with van der Waals surface area (Å²) in [6.07, 6.45) is 4.51. The van der Waals surface area contributed by atoms with Gasteiger partial charge in [0, 0.05) is 50.6 Å². The van der Waals surface area contributed by atoms with E-state index in [2.05, 4.69) is 17.3 Å². The van der Waals surface area contributed by atoms with E-state index in [0.717, 1.165) is 12.0 Å². The van der Waals surface area contributed by atoms with Crippen molar-refractivity contribution in [2.75, 3.05) is 33.2 Å². The van der Waals surface area contributed by atoms with Gasteiger partial charge in [-0.1, -0.05) is 19.1 Å². The van der Waals surface area contributed by atoms with Crippen molar-refractivity contribution in [2.24, 2.45) is 7.05 Å². The number of carbonyl (C=O) groups is 2. The molecule has 3 rings (SSSR count). The van der Waals surface area contributed by atoms with Gasteiger partial charge < -0.3 is 15.1 Å². The average molecular weight is 406 g/mol. The molecule has 7 nitrogen and oxygen atoms in total. The molecule has 1 saturated heterocycles. The van der Waals surface area contributed by atoms with Crippen LogP contribution in [-0.2, 0) is 18.3 Å². The summed E-state index contributed by atoms with van der Waals surface area (Å²) < 4.78 is 1.69. The first-order chi connectivity index (χ1) is 13.0. The molecule has 0 spiro atoms. The lowest BCUT2D eigenvalue weighted by Crippen LogP contribution is -2.52. The number of benzene rings is 1. The number of likely N-dealkylation sites (N-methyl/N-ethyl adjacent to an activating group) is 1. The summed E-state index contributed by atoms with van der Waals surface area (Å²) in [4.78, 5) is 29.2. The maximum Gasteiger partial charge on any atom is 0.253 e. The molecule has 2 aromatic rings. The lowest BCUT2D eigenvalue weighted by molar-refractivity contribution is -0.135. The smallest absolute Gasteiger partial charge is 0.253 e. The van der Waals surface area contributed by atoms with E-state index in [1.165, 1.54) is 5.56 Å². The van der Waals surface area contributed by atoms with Gasteiger partial charge >= 0.3 is 0 Å². The summed E-state index contributed by atoms with van der Waals surface area (Å²) in [5.74, 6) is 0.0482. The molecule has 1 unspecified atom stereocenters. The van der Waals surface area contributed by atoms with Crippen LogP contribution < -0.4 is 5.32 Å². The molecule has 152 valence electrons. The van der Waals surface area contributed by atoms with Crippen LogP contribution in [0.25, 0.3) is 0 Å². The van der Waals surface area contributed by atoms with Crippen LogP contribution in [0.2, 0.25) is 0 Å². The van der Waals surface area contributed by atoms with Crippen LogP contribution in [0.4, 0.5) is 0 Å². The highest BCUT2D eigenvalue weighted by Crippen LogP contribution is 2.17. The Morgan fingerprint density at radius 3 is 2.21 bits per heavy atom. The molecule has 2 amide bonds. The van der Waals surface area contributed by atoms with Crippen molar-refractivity contribution < 1.29 is 9.59 Å². The number of aryl methyl sites for hydroxylation is 2. The summed E-state index contributed by atoms with van der Waals surface area (Å²) in [6, 6.07) is 7.36. The first-order valence-corrected chi connectivity index (χ1v) is 9.36. The first kappa shape index (κ1) is 21.9. The van der Waals surface area contributed by atoms with Crippen LogP contribution >= 0.6 is 12.4 Å². The highest BCUT2D eigenvalue weighted by atomic mass is 35.5. The molecule has 1 atom stereocenters. The minimum atomic E-state index is -0.414. The molecule has 8 heteroatoms. The zero-order chi connectivity index (χ0) is 19.4. The molecule has 1 fully saturated rings. The Labute approximate surface area is 172 Å². The maximum absolute atomic E-state index is 12.9. The van der Waals surface area contributed by atoms with Crippen molar-refractivity contribution in [1.29, 1.82) is 0 Å². The van der Waals surface area contributed by atoms with Gasteiger partial charge in [-0.15, -0.1) is 12.4 Å². The fraction of sp³-hybridized carbons (Fsp3) is 0.450. The molecular formula is C20H28ClN5O2. The molecule has 1 aromatic heterocycles. The number of nitrogens with one attached hydrogen (secondary N) is 1. The van der Waals surface area contributed by atoms with Crippen molar-refractivity contribution in [3.63, 3.8) is 0 Å². The Kier molecular flexibility index (Phi) is 7.60. The number of rotatable bonds is 5. The van der Waals surface area contributed by atoms with Gasteiger partial charge in [0.2, 0.25) is 5.91 Å². The fourth-order valence-electron chi connectivity index (χ4n) is 3.40. The van der Waals surface area contributed by atoms with E-state index in [9.17, 15) is 9.59 Å². The summed E-state index contributed by atoms with van der Waals surface area (Å²) in [6.45, 7) is 4.26. The predicted molar refractivity (Wildman–Crippen MR) is 111 cm³/mol. The van der Waals surface area contributed by atoms with Gasteiger partial charge in [0.1, 0.15) is 6.04 Å². The molecule has 28 heavy (non-hydrogen) atoms. The van der Waals surface area contributed by atoms with Gasteiger partial charge in [0.05, 0.1) is 6.20 Å². The number of hydrogen-bond acceptors (Lipinski definition) is 4. The molecule has 1 N–H and O–H groups in total. The van der Waals surface area contributed by atoms with Crippen LogP contribution in [0.15, 0.2) is 36.7 Å². The van der Waals surface area contributed by atoms with E-state index in [0.29, 0.717) is 31.7 Å². The standard InChI is InChI=1S/C20H27N5O2.ClH/c1-4-15-5-7-16(8-6-15)19(26)24-9-11-25(12-10-24)20(27)18(21-2)17-13-22-23(3)14-17;/h5-8,13-14,18,21H,4,9-12H2,1-3H3;1H. The molecule has 1 aliphatic heterocycles. The van der Waals surface area contributed by atoms with E-state index >= 15 is 0 Å². The predicted octanol–water partition coefficient (Wildman–Crippen LogP) is 1.65. The molecule has 1 aliphatic rings. The van der Waals surface area contributed by atoms with Crippen molar-refractivity contribution in [1.82, 2.24) is 24.9 Å². The van der Waals surface area contributed by atoms with E-state index in [1.807, 2.05) is 47.3 Å². The number of aromatic nitrogens is 2. The molecule has 0 bridgehead atoms. The Hall–Kier alpha value is -2.38. The quantitative estimate of drug-likeness (QED) is 0.821. The second kappa shape index (κ2) is 9.71. The monoisotopic (exact) mass is 405 g/mol. The number of carbonyl (C=O) groups excluding carboxylic acids is 2. The Balaban J connectivity index is 0.00000280. The van der Waals surface area contributed by atoms with Crippen molar-refractivity contribution in [3.8, 4) is 0 Å². The lowest BCUT2D eigenvalue weighted by atomic mass is 10.1. The van der Waals surface area contributed by atoms with E-state index in [4.69, 9.17) is 0 Å². The lowest BCUT2D eigenvalue weighted by Gasteiger charge is -2.36. The van der Waals surface area contributed by atoms with E-state index in [1.54, 1.807) is 17.9 Å². The zero-order valence-electron chi connectivity index (χ0n) is 16.6. The van der Waals surface area contributed by atoms with Crippen LogP contribution in [0.3, 0.4) is 0 Å². The Morgan fingerprint density at radius 2 is 1.71 bits per heavy atom. The second-order valence-electron chi connectivity index (χ2n) is 6.84. The number of nitrogens with zero attached hydrogens (tertiary/aromatic N) is 4. The van der Waals surface area contributed by atoms with Crippen LogP contribution in [0, 0.1) is 0 Å². The summed E-state index contributed by atoms with van der Waals surface area (Å²) >= 11 is 0. The van der Waals surface area contributed by atoms with E-state index in [-0.39, 0.29) is 24.2 Å². The largest absolute Gasteiger partial charge is 0.337 e. The number of amides is 2. The molecule has 0 radical (unpaired) electrons. The number of halogens is 1. The molecule has 1 aromatic carbocycles. The highest BCUT2D eigenvalue weighted by Gasteiger charge is 2.30. The number of hydrogen-bond donors (Lipinski definition) is 1. The van der Waals surface area contributed by atoms with Crippen molar-refractivity contribution >= 4 is 24.2 Å². The Morgan fingerprint density at radius 1 is 1.11 bits per heavy atom. The molecule has 0 saturated carbocycles. The van der Waals surface area contributed by atoms with Crippen LogP contribution in [0.1, 0.15) is 34.5 Å². The van der Waals surface area contributed by atoms with Gasteiger partial charge in [-0.3, -0.25) is 14.3 Å². The first-order valence-electron chi connectivity index (χ1n) is 9.36. The van der Waals surface area contributed by atoms with Gasteiger partial charge in [-0.2, -0.15) is 5.10 Å². The van der Waals surface area contributed by atoms with Crippen molar-refractivity contribution in [2.45, 2.75) is 19.4 Å². The second-order valence-corrected chi connectivity index (χ2v) is 6.84. The Bertz CT molecular complexity index is 797. The summed E-state index contributed by atoms with van der Waals surface area (Å²) in [5.41, 5.74) is 2.77. The molecular weight excluding hydrogens is 378 g/mol.